The lowest BCUT2D eigenvalue weighted by molar-refractivity contribution is 0.676. The maximum absolute atomic E-state index is 4.55. The molecular weight excluding hydrogens is 264 g/mol. The largest absolute Gasteiger partial charge is 0.272 e. The van der Waals surface area contributed by atoms with Crippen molar-refractivity contribution in [2.45, 2.75) is 12.8 Å². The average Bonchev–Trinajstić information content (AvgIpc) is 2.71. The minimum Gasteiger partial charge on any atom is -0.272 e. The fourth-order valence-electron chi connectivity index (χ4n) is 1.77. The van der Waals surface area contributed by atoms with Crippen molar-refractivity contribution in [1.82, 2.24) is 9.78 Å². The second-order valence-corrected chi connectivity index (χ2v) is 4.65. The van der Waals surface area contributed by atoms with Crippen LogP contribution in [0.4, 0.5) is 0 Å². The van der Waals surface area contributed by atoms with E-state index in [1.807, 2.05) is 29.9 Å². The van der Waals surface area contributed by atoms with Gasteiger partial charge >= 0.3 is 0 Å². The summed E-state index contributed by atoms with van der Waals surface area (Å²) in [5.74, 6) is 0.481. The van der Waals surface area contributed by atoms with Crippen molar-refractivity contribution in [2.75, 3.05) is 5.33 Å². The fraction of sp³-hybridized carbons (Fsp3) is 0.308. The third-order valence-corrected chi connectivity index (χ3v) is 3.69. The second kappa shape index (κ2) is 4.83. The molecule has 2 aromatic rings. The zero-order valence-corrected chi connectivity index (χ0v) is 11.1. The van der Waals surface area contributed by atoms with Gasteiger partial charge in [-0.2, -0.15) is 5.10 Å². The van der Waals surface area contributed by atoms with Gasteiger partial charge in [-0.1, -0.05) is 53.2 Å². The molecule has 1 unspecified atom stereocenters. The Morgan fingerprint density at radius 2 is 2.00 bits per heavy atom. The van der Waals surface area contributed by atoms with Crippen molar-refractivity contribution < 1.29 is 0 Å². The van der Waals surface area contributed by atoms with E-state index in [0.717, 1.165) is 11.0 Å². The van der Waals surface area contributed by atoms with Gasteiger partial charge in [-0.15, -0.1) is 0 Å². The molecule has 0 spiro atoms. The number of aryl methyl sites for hydroxylation is 1. The molecule has 2 rings (SSSR count). The van der Waals surface area contributed by atoms with Gasteiger partial charge in [0.15, 0.2) is 0 Å². The number of benzene rings is 1. The molecule has 0 aliphatic carbocycles. The highest BCUT2D eigenvalue weighted by molar-refractivity contribution is 9.09. The third-order valence-electron chi connectivity index (χ3n) is 2.72. The number of aromatic nitrogens is 2. The summed E-state index contributed by atoms with van der Waals surface area (Å²) in [5.41, 5.74) is 3.48. The number of hydrogen-bond donors (Lipinski definition) is 0. The Hall–Kier alpha value is -1.09. The van der Waals surface area contributed by atoms with Gasteiger partial charge in [0.25, 0.3) is 0 Å². The van der Waals surface area contributed by atoms with Crippen molar-refractivity contribution in [3.8, 4) is 11.3 Å². The summed E-state index contributed by atoms with van der Waals surface area (Å²) in [6.07, 6.45) is 0. The van der Waals surface area contributed by atoms with Crippen LogP contribution in [-0.4, -0.2) is 15.1 Å². The summed E-state index contributed by atoms with van der Waals surface area (Å²) in [4.78, 5) is 0. The van der Waals surface area contributed by atoms with Gasteiger partial charge in [0.2, 0.25) is 0 Å². The number of hydrogen-bond acceptors (Lipinski definition) is 1. The molecule has 2 nitrogen and oxygen atoms in total. The topological polar surface area (TPSA) is 17.8 Å². The number of alkyl halides is 1. The summed E-state index contributed by atoms with van der Waals surface area (Å²) in [7, 11) is 2.00. The van der Waals surface area contributed by atoms with Crippen LogP contribution in [0.3, 0.4) is 0 Å². The molecule has 84 valence electrons. The molecule has 1 heterocycles. The maximum atomic E-state index is 4.55. The van der Waals surface area contributed by atoms with Gasteiger partial charge in [-0.05, 0) is 6.07 Å². The van der Waals surface area contributed by atoms with Crippen LogP contribution in [0.15, 0.2) is 36.4 Å². The number of rotatable bonds is 3. The van der Waals surface area contributed by atoms with Crippen LogP contribution in [0.1, 0.15) is 18.5 Å². The van der Waals surface area contributed by atoms with Crippen LogP contribution in [0.25, 0.3) is 11.3 Å². The van der Waals surface area contributed by atoms with E-state index in [9.17, 15) is 0 Å². The van der Waals surface area contributed by atoms with Crippen molar-refractivity contribution in [3.63, 3.8) is 0 Å². The standard InChI is InChI=1S/C13H15BrN2/c1-10(9-14)13-8-12(15-16(13)2)11-6-4-3-5-7-11/h3-8,10H,9H2,1-2H3. The Balaban J connectivity index is 2.38. The highest BCUT2D eigenvalue weighted by Gasteiger charge is 2.11. The summed E-state index contributed by atoms with van der Waals surface area (Å²) < 4.78 is 1.97. The van der Waals surface area contributed by atoms with Crippen LogP contribution in [-0.2, 0) is 7.05 Å². The van der Waals surface area contributed by atoms with Gasteiger partial charge in [-0.25, -0.2) is 0 Å². The van der Waals surface area contributed by atoms with Gasteiger partial charge in [0.1, 0.15) is 0 Å². The highest BCUT2D eigenvalue weighted by atomic mass is 79.9. The van der Waals surface area contributed by atoms with Crippen molar-refractivity contribution in [3.05, 3.63) is 42.1 Å². The predicted octanol–water partition coefficient (Wildman–Crippen LogP) is 3.59. The van der Waals surface area contributed by atoms with E-state index >= 15 is 0 Å². The zero-order valence-electron chi connectivity index (χ0n) is 9.52. The fourth-order valence-corrected chi connectivity index (χ4v) is 2.10. The lowest BCUT2D eigenvalue weighted by atomic mass is 10.1. The maximum Gasteiger partial charge on any atom is 0.0926 e. The first-order chi connectivity index (χ1) is 7.72. The first-order valence-electron chi connectivity index (χ1n) is 5.37. The molecule has 16 heavy (non-hydrogen) atoms. The quantitative estimate of drug-likeness (QED) is 0.785. The summed E-state index contributed by atoms with van der Waals surface area (Å²) in [5, 5.41) is 5.50. The van der Waals surface area contributed by atoms with Crippen LogP contribution in [0.5, 0.6) is 0 Å². The average molecular weight is 279 g/mol. The molecule has 0 radical (unpaired) electrons. The minimum absolute atomic E-state index is 0.481. The SMILES string of the molecule is CC(CBr)c1cc(-c2ccccc2)nn1C. The Kier molecular flexibility index (Phi) is 3.44. The molecule has 0 bridgehead atoms. The molecule has 0 aliphatic rings. The van der Waals surface area contributed by atoms with E-state index in [1.54, 1.807) is 0 Å². The van der Waals surface area contributed by atoms with Crippen LogP contribution >= 0.6 is 15.9 Å². The van der Waals surface area contributed by atoms with E-state index in [2.05, 4.69) is 46.2 Å². The summed E-state index contributed by atoms with van der Waals surface area (Å²) >= 11 is 3.51. The predicted molar refractivity (Wildman–Crippen MR) is 70.9 cm³/mol. The van der Waals surface area contributed by atoms with E-state index < -0.39 is 0 Å². The van der Waals surface area contributed by atoms with Crippen molar-refractivity contribution in [2.24, 2.45) is 7.05 Å². The van der Waals surface area contributed by atoms with Crippen molar-refractivity contribution >= 4 is 15.9 Å². The first-order valence-corrected chi connectivity index (χ1v) is 6.50. The van der Waals surface area contributed by atoms with E-state index in [-0.39, 0.29) is 0 Å². The zero-order chi connectivity index (χ0) is 11.5. The Bertz CT molecular complexity index is 462. The molecule has 1 atom stereocenters. The Morgan fingerprint density at radius 1 is 1.31 bits per heavy atom. The molecule has 0 fully saturated rings. The second-order valence-electron chi connectivity index (χ2n) is 4.00. The smallest absolute Gasteiger partial charge is 0.0926 e. The highest BCUT2D eigenvalue weighted by Crippen LogP contribution is 2.23. The third kappa shape index (κ3) is 2.19. The van der Waals surface area contributed by atoms with E-state index in [4.69, 9.17) is 0 Å². The first kappa shape index (κ1) is 11.4. The molecule has 0 amide bonds. The molecule has 3 heteroatoms. The lowest BCUT2D eigenvalue weighted by Crippen LogP contribution is -2.03. The van der Waals surface area contributed by atoms with Gasteiger partial charge < -0.3 is 0 Å². The number of halogens is 1. The van der Waals surface area contributed by atoms with Gasteiger partial charge in [0, 0.05) is 29.6 Å². The Labute approximate surface area is 104 Å². The molecule has 1 aromatic heterocycles. The monoisotopic (exact) mass is 278 g/mol. The van der Waals surface area contributed by atoms with Crippen molar-refractivity contribution in [1.29, 1.82) is 0 Å². The number of nitrogens with zero attached hydrogens (tertiary/aromatic N) is 2. The van der Waals surface area contributed by atoms with Crippen LogP contribution in [0, 0.1) is 0 Å². The summed E-state index contributed by atoms with van der Waals surface area (Å²) in [6.45, 7) is 2.19. The normalized spacial score (nSPS) is 12.7. The van der Waals surface area contributed by atoms with E-state index in [0.29, 0.717) is 5.92 Å². The molecule has 0 saturated carbocycles. The minimum atomic E-state index is 0.481. The van der Waals surface area contributed by atoms with Crippen LogP contribution < -0.4 is 0 Å². The molecule has 0 saturated heterocycles. The summed E-state index contributed by atoms with van der Waals surface area (Å²) in [6, 6.07) is 12.4. The molecule has 1 aromatic carbocycles. The molecule has 0 N–H and O–H groups in total. The van der Waals surface area contributed by atoms with Gasteiger partial charge in [0.05, 0.1) is 5.69 Å². The Morgan fingerprint density at radius 3 is 2.62 bits per heavy atom. The van der Waals surface area contributed by atoms with E-state index in [1.165, 1.54) is 11.3 Å². The molecule has 0 aliphatic heterocycles. The molecular formula is C13H15BrN2. The van der Waals surface area contributed by atoms with Crippen LogP contribution in [0.2, 0.25) is 0 Å². The van der Waals surface area contributed by atoms with Gasteiger partial charge in [-0.3, -0.25) is 4.68 Å². The lowest BCUT2D eigenvalue weighted by Gasteiger charge is -2.06.